The number of rotatable bonds is 8. The average molecular weight is 516 g/mol. The molecule has 0 aliphatic heterocycles. The highest BCUT2D eigenvalue weighted by Gasteiger charge is 2.54. The van der Waals surface area contributed by atoms with Crippen molar-refractivity contribution < 1.29 is 9.59 Å². The minimum atomic E-state index is -0.196. The Morgan fingerprint density at radius 2 is 1.59 bits per heavy atom. The summed E-state index contributed by atoms with van der Waals surface area (Å²) in [6.07, 6.45) is 7.04. The van der Waals surface area contributed by atoms with Crippen LogP contribution < -0.4 is 10.6 Å². The van der Waals surface area contributed by atoms with Crippen LogP contribution in [0.2, 0.25) is 0 Å². The lowest BCUT2D eigenvalue weighted by molar-refractivity contribution is -0.146. The van der Waals surface area contributed by atoms with E-state index in [0.717, 1.165) is 54.0 Å². The van der Waals surface area contributed by atoms with Gasteiger partial charge in [-0.2, -0.15) is 0 Å². The molecule has 4 fully saturated rings. The Kier molecular flexibility index (Phi) is 6.53. The molecule has 8 heteroatoms. The van der Waals surface area contributed by atoms with E-state index in [0.29, 0.717) is 17.5 Å². The van der Waals surface area contributed by atoms with E-state index < -0.39 is 0 Å². The minimum absolute atomic E-state index is 0.104. The summed E-state index contributed by atoms with van der Waals surface area (Å²) < 4.78 is 1.95. The number of hydrogen-bond acceptors (Lipinski definition) is 5. The zero-order valence-electron chi connectivity index (χ0n) is 21.2. The number of benzene rings is 2. The maximum absolute atomic E-state index is 13.5. The monoisotopic (exact) mass is 515 g/mol. The fraction of sp³-hybridized carbons (Fsp3) is 0.448. The van der Waals surface area contributed by atoms with Crippen LogP contribution in [0.15, 0.2) is 59.8 Å². The average Bonchev–Trinajstić information content (AvgIpc) is 3.30. The van der Waals surface area contributed by atoms with Gasteiger partial charge in [0.05, 0.1) is 12.3 Å². The molecule has 1 heterocycles. The number of para-hydroxylation sites is 1. The quantitative estimate of drug-likeness (QED) is 0.406. The van der Waals surface area contributed by atoms with Crippen molar-refractivity contribution in [3.05, 3.63) is 66.0 Å². The number of thioether (sulfide) groups is 1. The summed E-state index contributed by atoms with van der Waals surface area (Å²) in [4.78, 5) is 26.1. The van der Waals surface area contributed by atoms with E-state index in [1.807, 2.05) is 66.1 Å². The zero-order valence-corrected chi connectivity index (χ0v) is 22.0. The van der Waals surface area contributed by atoms with Crippen molar-refractivity contribution in [1.29, 1.82) is 0 Å². The third kappa shape index (κ3) is 5.04. The molecular weight excluding hydrogens is 482 g/mol. The molecule has 4 aliphatic carbocycles. The van der Waals surface area contributed by atoms with E-state index in [1.165, 1.54) is 31.0 Å². The summed E-state index contributed by atoms with van der Waals surface area (Å²) in [5.41, 5.74) is 2.63. The zero-order chi connectivity index (χ0) is 25.4. The molecule has 4 bridgehead atoms. The molecule has 2 amide bonds. The molecule has 0 atom stereocenters. The van der Waals surface area contributed by atoms with Crippen molar-refractivity contribution in [2.45, 2.75) is 57.1 Å². The summed E-state index contributed by atoms with van der Waals surface area (Å²) in [6, 6.07) is 17.6. The Morgan fingerprint density at radius 1 is 0.946 bits per heavy atom. The van der Waals surface area contributed by atoms with Crippen LogP contribution in [-0.2, 0) is 16.1 Å². The second-order valence-electron chi connectivity index (χ2n) is 11.2. The standard InChI is InChI=1S/C29H33N5O2S/c1-19-7-9-23(10-8-19)31-26(35)18-37-28-33-32-25(34(28)24-5-3-2-4-6-24)17-30-27(36)29-14-20-11-21(15-29)13-22(12-20)16-29/h2-10,20-22H,11-18H2,1H3,(H,30,36)(H,31,35). The fourth-order valence-corrected chi connectivity index (χ4v) is 7.82. The molecule has 4 aliphatic rings. The maximum Gasteiger partial charge on any atom is 0.234 e. The lowest BCUT2D eigenvalue weighted by atomic mass is 9.49. The molecule has 0 spiro atoms. The number of carbonyl (C=O) groups is 2. The van der Waals surface area contributed by atoms with Crippen LogP contribution in [0, 0.1) is 30.1 Å². The van der Waals surface area contributed by atoms with Crippen molar-refractivity contribution in [1.82, 2.24) is 20.1 Å². The van der Waals surface area contributed by atoms with Gasteiger partial charge in [0, 0.05) is 16.8 Å². The number of anilines is 1. The normalized spacial score (nSPS) is 25.7. The first-order valence-electron chi connectivity index (χ1n) is 13.2. The molecule has 2 aromatic carbocycles. The van der Waals surface area contributed by atoms with Gasteiger partial charge in [0.2, 0.25) is 11.8 Å². The Morgan fingerprint density at radius 3 is 2.24 bits per heavy atom. The van der Waals surface area contributed by atoms with Crippen molar-refractivity contribution in [2.75, 3.05) is 11.1 Å². The number of nitrogens with one attached hydrogen (secondary N) is 2. The van der Waals surface area contributed by atoms with Crippen molar-refractivity contribution in [2.24, 2.45) is 23.2 Å². The fourth-order valence-electron chi connectivity index (χ4n) is 7.04. The van der Waals surface area contributed by atoms with Crippen LogP contribution in [-0.4, -0.2) is 32.3 Å². The Bertz CT molecular complexity index is 1250. The Labute approximate surface area is 221 Å². The third-order valence-corrected chi connectivity index (χ3v) is 9.24. The molecule has 7 rings (SSSR count). The Hall–Kier alpha value is -3.13. The SMILES string of the molecule is Cc1ccc(NC(=O)CSc2nnc(CNC(=O)C34CC5CC(CC(C5)C3)C4)n2-c2ccccc2)cc1. The number of nitrogens with zero attached hydrogens (tertiary/aromatic N) is 3. The first-order valence-corrected chi connectivity index (χ1v) is 14.2. The van der Waals surface area contributed by atoms with Crippen molar-refractivity contribution in [3.8, 4) is 5.69 Å². The van der Waals surface area contributed by atoms with E-state index in [4.69, 9.17) is 0 Å². The molecular formula is C29H33N5O2S. The van der Waals surface area contributed by atoms with Gasteiger partial charge in [0.1, 0.15) is 0 Å². The smallest absolute Gasteiger partial charge is 0.234 e. The summed E-state index contributed by atoms with van der Waals surface area (Å²) >= 11 is 1.34. The van der Waals surface area contributed by atoms with Crippen molar-refractivity contribution in [3.63, 3.8) is 0 Å². The van der Waals surface area contributed by atoms with Crippen LogP contribution in [0.4, 0.5) is 5.69 Å². The third-order valence-electron chi connectivity index (χ3n) is 8.31. The van der Waals surface area contributed by atoms with Crippen LogP contribution in [0.25, 0.3) is 5.69 Å². The number of hydrogen-bond donors (Lipinski definition) is 2. The van der Waals surface area contributed by atoms with Gasteiger partial charge in [-0.05, 0) is 87.5 Å². The molecule has 2 N–H and O–H groups in total. The molecule has 4 saturated carbocycles. The molecule has 192 valence electrons. The lowest BCUT2D eigenvalue weighted by Crippen LogP contribution is -2.53. The van der Waals surface area contributed by atoms with Gasteiger partial charge in [-0.15, -0.1) is 10.2 Å². The van der Waals surface area contributed by atoms with Crippen LogP contribution in [0.3, 0.4) is 0 Å². The van der Waals surface area contributed by atoms with Gasteiger partial charge in [-0.1, -0.05) is 47.7 Å². The minimum Gasteiger partial charge on any atom is -0.348 e. The van der Waals surface area contributed by atoms with Gasteiger partial charge in [-0.3, -0.25) is 14.2 Å². The molecule has 0 unspecified atom stereocenters. The highest BCUT2D eigenvalue weighted by atomic mass is 32.2. The van der Waals surface area contributed by atoms with Gasteiger partial charge in [0.25, 0.3) is 0 Å². The predicted octanol–water partition coefficient (Wildman–Crippen LogP) is 5.14. The van der Waals surface area contributed by atoms with Crippen LogP contribution in [0.5, 0.6) is 0 Å². The summed E-state index contributed by atoms with van der Waals surface area (Å²) in [5.74, 6) is 3.12. The van der Waals surface area contributed by atoms with Crippen LogP contribution >= 0.6 is 11.8 Å². The van der Waals surface area contributed by atoms with E-state index in [1.54, 1.807) is 0 Å². The molecule has 37 heavy (non-hydrogen) atoms. The molecule has 3 aromatic rings. The largest absolute Gasteiger partial charge is 0.348 e. The molecule has 1 aromatic heterocycles. The van der Waals surface area contributed by atoms with Crippen molar-refractivity contribution >= 4 is 29.3 Å². The summed E-state index contributed by atoms with van der Waals surface area (Å²) in [7, 11) is 0. The molecule has 7 nitrogen and oxygen atoms in total. The Balaban J connectivity index is 1.15. The predicted molar refractivity (Wildman–Crippen MR) is 144 cm³/mol. The molecule has 0 saturated heterocycles. The van der Waals surface area contributed by atoms with E-state index in [9.17, 15) is 9.59 Å². The van der Waals surface area contributed by atoms with Gasteiger partial charge >= 0.3 is 0 Å². The summed E-state index contributed by atoms with van der Waals surface area (Å²) in [5, 5.41) is 15.6. The van der Waals surface area contributed by atoms with Gasteiger partial charge < -0.3 is 10.6 Å². The topological polar surface area (TPSA) is 88.9 Å². The highest BCUT2D eigenvalue weighted by Crippen LogP contribution is 2.60. The first kappa shape index (κ1) is 24.2. The summed E-state index contributed by atoms with van der Waals surface area (Å²) in [6.45, 7) is 2.33. The number of amides is 2. The van der Waals surface area contributed by atoms with Gasteiger partial charge in [-0.25, -0.2) is 0 Å². The number of aryl methyl sites for hydroxylation is 1. The second-order valence-corrected chi connectivity index (χ2v) is 12.1. The lowest BCUT2D eigenvalue weighted by Gasteiger charge is -2.55. The van der Waals surface area contributed by atoms with Gasteiger partial charge in [0.15, 0.2) is 11.0 Å². The number of aromatic nitrogens is 3. The van der Waals surface area contributed by atoms with E-state index >= 15 is 0 Å². The first-order chi connectivity index (χ1) is 18.0. The highest BCUT2D eigenvalue weighted by molar-refractivity contribution is 7.99. The maximum atomic E-state index is 13.5. The number of carbonyl (C=O) groups excluding carboxylic acids is 2. The van der Waals surface area contributed by atoms with E-state index in [2.05, 4.69) is 20.8 Å². The molecule has 0 radical (unpaired) electrons. The van der Waals surface area contributed by atoms with E-state index in [-0.39, 0.29) is 23.0 Å². The van der Waals surface area contributed by atoms with Crippen LogP contribution in [0.1, 0.15) is 49.9 Å². The second kappa shape index (κ2) is 9.97.